The van der Waals surface area contributed by atoms with E-state index in [-0.39, 0.29) is 11.9 Å². The summed E-state index contributed by atoms with van der Waals surface area (Å²) < 4.78 is 0. The quantitative estimate of drug-likeness (QED) is 0.253. The van der Waals surface area contributed by atoms with Crippen molar-refractivity contribution < 1.29 is 10.3 Å². The summed E-state index contributed by atoms with van der Waals surface area (Å²) in [5.41, 5.74) is 7.31. The van der Waals surface area contributed by atoms with Crippen LogP contribution in [0.25, 0.3) is 11.0 Å². The summed E-state index contributed by atoms with van der Waals surface area (Å²) in [6, 6.07) is 1.92. The standard InChI is InChI=1S/C18H23N5O2/c19-16(23-25)13-8-21-17-12(1-2-20-17)14(13)22-15-11-4-9-3-10(5-11)7-18(15,24)6-9/h1-2,8-11,15,24-25H,3-7H2,(H2,19,23)(H2,20,21,22)/t9-,10?,11?,15+,18?/m1/s1. The summed E-state index contributed by atoms with van der Waals surface area (Å²) in [4.78, 5) is 7.44. The summed E-state index contributed by atoms with van der Waals surface area (Å²) in [6.07, 6.45) is 8.81. The molecule has 4 aliphatic carbocycles. The van der Waals surface area contributed by atoms with Gasteiger partial charge in [-0.1, -0.05) is 5.16 Å². The van der Waals surface area contributed by atoms with Crippen LogP contribution in [0.5, 0.6) is 0 Å². The Bertz CT molecular complexity index is 846. The van der Waals surface area contributed by atoms with E-state index in [1.165, 1.54) is 19.3 Å². The van der Waals surface area contributed by atoms with Crippen LogP contribution in [0.2, 0.25) is 0 Å². The number of hydrogen-bond acceptors (Lipinski definition) is 5. The van der Waals surface area contributed by atoms with Crippen molar-refractivity contribution in [3.63, 3.8) is 0 Å². The first-order chi connectivity index (χ1) is 12.1. The Kier molecular flexibility index (Phi) is 3.07. The first-order valence-corrected chi connectivity index (χ1v) is 9.00. The van der Waals surface area contributed by atoms with Gasteiger partial charge in [-0.15, -0.1) is 0 Å². The third kappa shape index (κ3) is 2.15. The molecule has 0 saturated heterocycles. The maximum Gasteiger partial charge on any atom is 0.173 e. The average Bonchev–Trinajstić information content (AvgIpc) is 3.05. The van der Waals surface area contributed by atoms with E-state index >= 15 is 0 Å². The molecule has 4 fully saturated rings. The monoisotopic (exact) mass is 341 g/mol. The number of hydrogen-bond donors (Lipinski definition) is 5. The predicted octanol–water partition coefficient (Wildman–Crippen LogP) is 2.01. The lowest BCUT2D eigenvalue weighted by Gasteiger charge is -2.59. The Balaban J connectivity index is 1.59. The van der Waals surface area contributed by atoms with Gasteiger partial charge in [0.25, 0.3) is 0 Å². The zero-order valence-electron chi connectivity index (χ0n) is 13.9. The molecule has 0 aliphatic heterocycles. The third-order valence-corrected chi connectivity index (χ3v) is 6.54. The minimum Gasteiger partial charge on any atom is -0.409 e. The minimum absolute atomic E-state index is 0.00829. The molecule has 4 bridgehead atoms. The minimum atomic E-state index is -0.664. The van der Waals surface area contributed by atoms with Crippen molar-refractivity contribution in [2.24, 2.45) is 28.6 Å². The molecule has 0 radical (unpaired) electrons. The SMILES string of the molecule is N/C(=N\O)c1cnc2[nH]ccc2c1N[C@H]1C2CC3C[C@H](C2)CC1(O)C3. The Hall–Kier alpha value is -2.28. The number of pyridine rings is 1. The van der Waals surface area contributed by atoms with Crippen molar-refractivity contribution in [3.8, 4) is 0 Å². The van der Waals surface area contributed by atoms with Crippen molar-refractivity contribution in [3.05, 3.63) is 24.0 Å². The van der Waals surface area contributed by atoms with E-state index in [9.17, 15) is 5.11 Å². The molecular formula is C18H23N5O2. The number of oxime groups is 1. The number of aromatic nitrogens is 2. The average molecular weight is 341 g/mol. The molecule has 6 rings (SSSR count). The molecule has 0 aromatic carbocycles. The molecule has 2 aromatic rings. The molecule has 6 N–H and O–H groups in total. The van der Waals surface area contributed by atoms with Crippen LogP contribution in [0.3, 0.4) is 0 Å². The molecule has 4 saturated carbocycles. The van der Waals surface area contributed by atoms with E-state index in [0.717, 1.165) is 29.6 Å². The van der Waals surface area contributed by atoms with Crippen LogP contribution in [0, 0.1) is 17.8 Å². The highest BCUT2D eigenvalue weighted by Gasteiger charge is 2.56. The van der Waals surface area contributed by atoms with Gasteiger partial charge in [-0.3, -0.25) is 0 Å². The van der Waals surface area contributed by atoms with Gasteiger partial charge >= 0.3 is 0 Å². The summed E-state index contributed by atoms with van der Waals surface area (Å²) >= 11 is 0. The van der Waals surface area contributed by atoms with Gasteiger partial charge in [0.15, 0.2) is 5.84 Å². The van der Waals surface area contributed by atoms with Crippen molar-refractivity contribution in [2.45, 2.75) is 43.7 Å². The molecular weight excluding hydrogens is 318 g/mol. The maximum absolute atomic E-state index is 11.3. The number of anilines is 1. The second-order valence-electron chi connectivity index (χ2n) is 8.11. The number of fused-ring (bicyclic) bond motifs is 1. The molecule has 5 atom stereocenters. The van der Waals surface area contributed by atoms with Crippen LogP contribution in [0.1, 0.15) is 37.7 Å². The fraction of sp³-hybridized carbons (Fsp3) is 0.556. The summed E-state index contributed by atoms with van der Waals surface area (Å²) in [6.45, 7) is 0. The Morgan fingerprint density at radius 2 is 2.08 bits per heavy atom. The van der Waals surface area contributed by atoms with E-state index in [1.54, 1.807) is 6.20 Å². The highest BCUT2D eigenvalue weighted by Crippen LogP contribution is 2.56. The fourth-order valence-corrected chi connectivity index (χ4v) is 5.82. The Morgan fingerprint density at radius 3 is 2.76 bits per heavy atom. The lowest BCUT2D eigenvalue weighted by molar-refractivity contribution is -0.133. The third-order valence-electron chi connectivity index (χ3n) is 6.54. The molecule has 7 heteroatoms. The van der Waals surface area contributed by atoms with E-state index in [1.807, 2.05) is 12.3 Å². The van der Waals surface area contributed by atoms with Gasteiger partial charge in [0.05, 0.1) is 22.9 Å². The van der Waals surface area contributed by atoms with E-state index in [0.29, 0.717) is 23.3 Å². The zero-order chi connectivity index (χ0) is 17.2. The van der Waals surface area contributed by atoms with Gasteiger partial charge in [0, 0.05) is 17.8 Å². The molecule has 25 heavy (non-hydrogen) atoms. The predicted molar refractivity (Wildman–Crippen MR) is 94.5 cm³/mol. The highest BCUT2D eigenvalue weighted by atomic mass is 16.4. The van der Waals surface area contributed by atoms with E-state index in [4.69, 9.17) is 10.9 Å². The van der Waals surface area contributed by atoms with Crippen LogP contribution in [-0.4, -0.2) is 37.8 Å². The largest absolute Gasteiger partial charge is 0.409 e. The van der Waals surface area contributed by atoms with Crippen LogP contribution in [0.4, 0.5) is 5.69 Å². The molecule has 0 spiro atoms. The number of nitrogens with one attached hydrogen (secondary N) is 2. The van der Waals surface area contributed by atoms with Crippen molar-refractivity contribution in [1.29, 1.82) is 0 Å². The number of nitrogens with two attached hydrogens (primary N) is 1. The second kappa shape index (κ2) is 5.11. The fourth-order valence-electron chi connectivity index (χ4n) is 5.82. The normalized spacial score (nSPS) is 36.9. The van der Waals surface area contributed by atoms with Crippen LogP contribution >= 0.6 is 0 Å². The van der Waals surface area contributed by atoms with Gasteiger partial charge in [-0.25, -0.2) is 4.98 Å². The molecule has 7 nitrogen and oxygen atoms in total. The highest BCUT2D eigenvalue weighted by molar-refractivity contribution is 6.08. The number of H-pyrrole nitrogens is 1. The second-order valence-corrected chi connectivity index (χ2v) is 8.11. The molecule has 4 aliphatic rings. The summed E-state index contributed by atoms with van der Waals surface area (Å²) in [7, 11) is 0. The van der Waals surface area contributed by atoms with E-state index < -0.39 is 5.60 Å². The first-order valence-electron chi connectivity index (χ1n) is 9.00. The lowest BCUT2D eigenvalue weighted by atomic mass is 9.52. The summed E-state index contributed by atoms with van der Waals surface area (Å²) in [5, 5.41) is 28.1. The maximum atomic E-state index is 11.3. The van der Waals surface area contributed by atoms with Gasteiger partial charge in [0.2, 0.25) is 0 Å². The molecule has 3 unspecified atom stereocenters. The number of amidine groups is 1. The molecule has 0 amide bonds. The van der Waals surface area contributed by atoms with Gasteiger partial charge in [0.1, 0.15) is 5.65 Å². The van der Waals surface area contributed by atoms with Crippen LogP contribution in [0.15, 0.2) is 23.6 Å². The van der Waals surface area contributed by atoms with Crippen molar-refractivity contribution in [2.75, 3.05) is 5.32 Å². The molecule has 132 valence electrons. The number of aliphatic hydroxyl groups is 1. The Morgan fingerprint density at radius 1 is 1.32 bits per heavy atom. The zero-order valence-corrected chi connectivity index (χ0v) is 13.9. The first kappa shape index (κ1) is 15.0. The van der Waals surface area contributed by atoms with Crippen molar-refractivity contribution >= 4 is 22.6 Å². The molecule has 2 heterocycles. The lowest BCUT2D eigenvalue weighted by Crippen LogP contribution is -2.63. The van der Waals surface area contributed by atoms with Gasteiger partial charge in [-0.2, -0.15) is 0 Å². The van der Waals surface area contributed by atoms with Gasteiger partial charge in [-0.05, 0) is 55.9 Å². The smallest absolute Gasteiger partial charge is 0.173 e. The van der Waals surface area contributed by atoms with E-state index in [2.05, 4.69) is 20.4 Å². The molecule has 2 aromatic heterocycles. The number of aromatic amines is 1. The Labute approximate surface area is 145 Å². The number of rotatable bonds is 3. The van der Waals surface area contributed by atoms with Crippen LogP contribution in [-0.2, 0) is 0 Å². The summed E-state index contributed by atoms with van der Waals surface area (Å²) in [5.74, 6) is 1.81. The number of nitrogens with zero attached hydrogens (tertiary/aromatic N) is 2. The van der Waals surface area contributed by atoms with Gasteiger partial charge < -0.3 is 26.3 Å². The van der Waals surface area contributed by atoms with Crippen molar-refractivity contribution in [1.82, 2.24) is 9.97 Å². The van der Waals surface area contributed by atoms with Crippen LogP contribution < -0.4 is 11.1 Å². The topological polar surface area (TPSA) is 120 Å².